The molecule has 1 unspecified atom stereocenters. The van der Waals surface area contributed by atoms with Crippen LogP contribution in [0.15, 0.2) is 0 Å². The summed E-state index contributed by atoms with van der Waals surface area (Å²) in [6, 6.07) is 0.0880. The van der Waals surface area contributed by atoms with Crippen molar-refractivity contribution in [3.05, 3.63) is 15.6 Å². The zero-order valence-electron chi connectivity index (χ0n) is 8.21. The van der Waals surface area contributed by atoms with Crippen LogP contribution >= 0.6 is 11.3 Å². The van der Waals surface area contributed by atoms with Crippen LogP contribution in [0.3, 0.4) is 0 Å². The molecule has 0 spiro atoms. The molecule has 1 aromatic rings. The minimum absolute atomic E-state index is 0.0880. The predicted molar refractivity (Wildman–Crippen MR) is 56.0 cm³/mol. The van der Waals surface area contributed by atoms with Gasteiger partial charge in [-0.2, -0.15) is 0 Å². The van der Waals surface area contributed by atoms with Gasteiger partial charge in [0.15, 0.2) is 0 Å². The molecule has 1 aliphatic carbocycles. The maximum atomic E-state index is 5.83. The minimum atomic E-state index is 0.0880. The van der Waals surface area contributed by atoms with E-state index >= 15 is 0 Å². The van der Waals surface area contributed by atoms with E-state index in [0.29, 0.717) is 0 Å². The lowest BCUT2D eigenvalue weighted by Gasteiger charge is -2.22. The summed E-state index contributed by atoms with van der Waals surface area (Å²) in [5, 5.41) is 1.32. The Kier molecular flexibility index (Phi) is 2.39. The fraction of sp³-hybridized carbons (Fsp3) is 0.700. The zero-order valence-corrected chi connectivity index (χ0v) is 9.03. The molecule has 0 radical (unpaired) electrons. The van der Waals surface area contributed by atoms with Crippen molar-refractivity contribution in [2.75, 3.05) is 0 Å². The van der Waals surface area contributed by atoms with Gasteiger partial charge in [0.05, 0.1) is 10.7 Å². The molecule has 0 saturated heterocycles. The van der Waals surface area contributed by atoms with Crippen molar-refractivity contribution in [3.8, 4) is 0 Å². The number of nitrogens with zero attached hydrogens (tertiary/aromatic N) is 1. The fourth-order valence-corrected chi connectivity index (χ4v) is 2.88. The molecule has 2 rings (SSSR count). The molecule has 0 aromatic carbocycles. The molecule has 0 bridgehead atoms. The molecule has 1 saturated carbocycles. The first-order valence-electron chi connectivity index (χ1n) is 4.91. The van der Waals surface area contributed by atoms with E-state index in [1.807, 2.05) is 18.3 Å². The monoisotopic (exact) mass is 196 g/mol. The second-order valence-electron chi connectivity index (χ2n) is 3.91. The molecular weight excluding hydrogens is 180 g/mol. The Labute approximate surface area is 83.2 Å². The topological polar surface area (TPSA) is 38.9 Å². The second-order valence-corrected chi connectivity index (χ2v) is 5.14. The van der Waals surface area contributed by atoms with Crippen LogP contribution in [-0.4, -0.2) is 4.98 Å². The van der Waals surface area contributed by atoms with Gasteiger partial charge >= 0.3 is 0 Å². The Balaban J connectivity index is 2.23. The van der Waals surface area contributed by atoms with Crippen LogP contribution in [0, 0.1) is 6.92 Å². The van der Waals surface area contributed by atoms with Crippen molar-refractivity contribution in [1.82, 2.24) is 4.98 Å². The molecule has 2 nitrogen and oxygen atoms in total. The third kappa shape index (κ3) is 1.63. The standard InChI is InChI=1S/C10H16N2S/c1-6(11)9-7(2)13-10(12-9)8-4-3-5-8/h6,8H,3-5,11H2,1-2H3. The van der Waals surface area contributed by atoms with Gasteiger partial charge in [-0.25, -0.2) is 4.98 Å². The molecule has 0 amide bonds. The molecule has 1 aromatic heterocycles. The van der Waals surface area contributed by atoms with Crippen molar-refractivity contribution in [2.24, 2.45) is 5.73 Å². The Morgan fingerprint density at radius 1 is 1.54 bits per heavy atom. The average Bonchev–Trinajstić information content (AvgIpc) is 2.27. The number of nitrogens with two attached hydrogens (primary N) is 1. The SMILES string of the molecule is Cc1sc(C2CCC2)nc1C(C)N. The summed E-state index contributed by atoms with van der Waals surface area (Å²) >= 11 is 1.84. The van der Waals surface area contributed by atoms with Crippen molar-refractivity contribution >= 4 is 11.3 Å². The van der Waals surface area contributed by atoms with Gasteiger partial charge in [-0.3, -0.25) is 0 Å². The zero-order chi connectivity index (χ0) is 9.42. The Morgan fingerprint density at radius 2 is 2.23 bits per heavy atom. The molecule has 13 heavy (non-hydrogen) atoms. The predicted octanol–water partition coefficient (Wildman–Crippen LogP) is 2.74. The van der Waals surface area contributed by atoms with Gasteiger partial charge in [-0.1, -0.05) is 6.42 Å². The number of aryl methyl sites for hydroxylation is 1. The molecule has 0 aliphatic heterocycles. The second kappa shape index (κ2) is 3.39. The summed E-state index contributed by atoms with van der Waals surface area (Å²) in [4.78, 5) is 5.93. The molecule has 1 fully saturated rings. The van der Waals surface area contributed by atoms with Gasteiger partial charge in [-0.15, -0.1) is 11.3 Å². The summed E-state index contributed by atoms with van der Waals surface area (Å²) in [6.07, 6.45) is 4.02. The fourth-order valence-electron chi connectivity index (χ4n) is 1.68. The lowest BCUT2D eigenvalue weighted by Crippen LogP contribution is -2.10. The number of thiazole rings is 1. The van der Waals surface area contributed by atoms with Gasteiger partial charge in [-0.05, 0) is 26.7 Å². The van der Waals surface area contributed by atoms with Crippen molar-refractivity contribution in [2.45, 2.75) is 45.1 Å². The minimum Gasteiger partial charge on any atom is -0.323 e. The van der Waals surface area contributed by atoms with E-state index in [4.69, 9.17) is 5.73 Å². The normalized spacial score (nSPS) is 19.9. The van der Waals surface area contributed by atoms with E-state index in [0.717, 1.165) is 11.6 Å². The summed E-state index contributed by atoms with van der Waals surface area (Å²) < 4.78 is 0. The van der Waals surface area contributed by atoms with E-state index in [1.54, 1.807) is 0 Å². The van der Waals surface area contributed by atoms with Crippen molar-refractivity contribution in [3.63, 3.8) is 0 Å². The highest BCUT2D eigenvalue weighted by atomic mass is 32.1. The van der Waals surface area contributed by atoms with Gasteiger partial charge in [0.1, 0.15) is 0 Å². The number of aromatic nitrogens is 1. The third-order valence-corrected chi connectivity index (χ3v) is 3.88. The van der Waals surface area contributed by atoms with Gasteiger partial charge in [0, 0.05) is 16.8 Å². The molecule has 1 aliphatic rings. The summed E-state index contributed by atoms with van der Waals surface area (Å²) in [7, 11) is 0. The molecule has 1 atom stereocenters. The van der Waals surface area contributed by atoms with Crippen LogP contribution in [0.25, 0.3) is 0 Å². The Morgan fingerprint density at radius 3 is 2.62 bits per heavy atom. The maximum Gasteiger partial charge on any atom is 0.0962 e. The lowest BCUT2D eigenvalue weighted by atomic mass is 9.86. The van der Waals surface area contributed by atoms with Crippen LogP contribution in [0.2, 0.25) is 0 Å². The molecule has 1 heterocycles. The smallest absolute Gasteiger partial charge is 0.0962 e. The first-order valence-corrected chi connectivity index (χ1v) is 5.73. The van der Waals surface area contributed by atoms with E-state index in [1.165, 1.54) is 29.1 Å². The lowest BCUT2D eigenvalue weighted by molar-refractivity contribution is 0.417. The largest absolute Gasteiger partial charge is 0.323 e. The van der Waals surface area contributed by atoms with E-state index in [2.05, 4.69) is 11.9 Å². The van der Waals surface area contributed by atoms with Gasteiger partial charge in [0.2, 0.25) is 0 Å². The van der Waals surface area contributed by atoms with E-state index in [-0.39, 0.29) is 6.04 Å². The van der Waals surface area contributed by atoms with Gasteiger partial charge in [0.25, 0.3) is 0 Å². The van der Waals surface area contributed by atoms with Crippen LogP contribution in [0.5, 0.6) is 0 Å². The number of rotatable bonds is 2. The van der Waals surface area contributed by atoms with Crippen LogP contribution in [0.1, 0.15) is 53.7 Å². The average molecular weight is 196 g/mol. The van der Waals surface area contributed by atoms with E-state index < -0.39 is 0 Å². The first kappa shape index (κ1) is 9.16. The highest BCUT2D eigenvalue weighted by Gasteiger charge is 2.24. The van der Waals surface area contributed by atoms with E-state index in [9.17, 15) is 0 Å². The van der Waals surface area contributed by atoms with Crippen LogP contribution in [0.4, 0.5) is 0 Å². The molecule has 3 heteroatoms. The maximum absolute atomic E-state index is 5.83. The molecule has 2 N–H and O–H groups in total. The third-order valence-electron chi connectivity index (χ3n) is 2.73. The Bertz CT molecular complexity index is 300. The number of hydrogen-bond donors (Lipinski definition) is 1. The van der Waals surface area contributed by atoms with Crippen molar-refractivity contribution < 1.29 is 0 Å². The van der Waals surface area contributed by atoms with Crippen LogP contribution in [-0.2, 0) is 0 Å². The summed E-state index contributed by atoms with van der Waals surface area (Å²) in [5.41, 5.74) is 6.94. The van der Waals surface area contributed by atoms with Crippen LogP contribution < -0.4 is 5.73 Å². The molecular formula is C10H16N2S. The summed E-state index contributed by atoms with van der Waals surface area (Å²) in [6.45, 7) is 4.13. The van der Waals surface area contributed by atoms with Crippen molar-refractivity contribution in [1.29, 1.82) is 0 Å². The first-order chi connectivity index (χ1) is 6.18. The quantitative estimate of drug-likeness (QED) is 0.790. The number of hydrogen-bond acceptors (Lipinski definition) is 3. The summed E-state index contributed by atoms with van der Waals surface area (Å²) in [5.74, 6) is 0.746. The molecule has 72 valence electrons. The highest BCUT2D eigenvalue weighted by molar-refractivity contribution is 7.11. The van der Waals surface area contributed by atoms with Gasteiger partial charge < -0.3 is 5.73 Å². The Hall–Kier alpha value is -0.410. The highest BCUT2D eigenvalue weighted by Crippen LogP contribution is 2.39.